The van der Waals surface area contributed by atoms with E-state index >= 15 is 0 Å². The second-order valence-electron chi connectivity index (χ2n) is 5.12. The van der Waals surface area contributed by atoms with Crippen LogP contribution in [-0.2, 0) is 17.7 Å². The van der Waals surface area contributed by atoms with Gasteiger partial charge >= 0.3 is 0 Å². The van der Waals surface area contributed by atoms with Crippen molar-refractivity contribution in [3.63, 3.8) is 0 Å². The van der Waals surface area contributed by atoms with Gasteiger partial charge in [-0.05, 0) is 17.7 Å². The van der Waals surface area contributed by atoms with Crippen molar-refractivity contribution in [2.45, 2.75) is 13.0 Å². The Labute approximate surface area is 124 Å². The molecule has 2 N–H and O–H groups in total. The van der Waals surface area contributed by atoms with E-state index < -0.39 is 0 Å². The molecule has 0 aliphatic carbocycles. The first kappa shape index (κ1) is 14.0. The van der Waals surface area contributed by atoms with Crippen molar-refractivity contribution in [3.05, 3.63) is 42.0 Å². The maximum atomic E-state index is 5.38. The van der Waals surface area contributed by atoms with Gasteiger partial charge in [-0.15, -0.1) is 0 Å². The van der Waals surface area contributed by atoms with Gasteiger partial charge in [-0.2, -0.15) is 5.10 Å². The molecule has 0 bridgehead atoms. The molecule has 0 radical (unpaired) electrons. The highest BCUT2D eigenvalue weighted by atomic mass is 16.5. The van der Waals surface area contributed by atoms with Crippen LogP contribution in [-0.4, -0.2) is 48.0 Å². The summed E-state index contributed by atoms with van der Waals surface area (Å²) < 4.78 is 5.38. The molecule has 3 rings (SSSR count). The molecule has 21 heavy (non-hydrogen) atoms. The van der Waals surface area contributed by atoms with E-state index in [1.54, 1.807) is 6.33 Å². The van der Waals surface area contributed by atoms with Gasteiger partial charge in [0.15, 0.2) is 0 Å². The highest BCUT2D eigenvalue weighted by molar-refractivity contribution is 5.47. The first-order valence-corrected chi connectivity index (χ1v) is 7.38. The van der Waals surface area contributed by atoms with Gasteiger partial charge in [-0.3, -0.25) is 5.10 Å². The van der Waals surface area contributed by atoms with Crippen LogP contribution < -0.4 is 10.2 Å². The van der Waals surface area contributed by atoms with E-state index in [2.05, 4.69) is 49.7 Å². The summed E-state index contributed by atoms with van der Waals surface area (Å²) in [5, 5.41) is 10.1. The number of benzene rings is 1. The zero-order valence-electron chi connectivity index (χ0n) is 12.1. The fourth-order valence-electron chi connectivity index (χ4n) is 2.44. The van der Waals surface area contributed by atoms with E-state index in [0.717, 1.165) is 51.6 Å². The molecule has 1 aliphatic heterocycles. The van der Waals surface area contributed by atoms with Crippen molar-refractivity contribution in [1.82, 2.24) is 20.5 Å². The normalized spacial score (nSPS) is 15.3. The van der Waals surface area contributed by atoms with E-state index in [0.29, 0.717) is 0 Å². The molecule has 112 valence electrons. The van der Waals surface area contributed by atoms with E-state index in [-0.39, 0.29) is 0 Å². The van der Waals surface area contributed by atoms with Gasteiger partial charge in [0.25, 0.3) is 0 Å². The summed E-state index contributed by atoms with van der Waals surface area (Å²) in [4.78, 5) is 6.47. The van der Waals surface area contributed by atoms with Crippen molar-refractivity contribution in [1.29, 1.82) is 0 Å². The van der Waals surface area contributed by atoms with Gasteiger partial charge in [-0.25, -0.2) is 4.98 Å². The Kier molecular flexibility index (Phi) is 4.81. The van der Waals surface area contributed by atoms with Gasteiger partial charge in [0.2, 0.25) is 0 Å². The molecule has 1 aliphatic rings. The minimum absolute atomic E-state index is 0.824. The van der Waals surface area contributed by atoms with Gasteiger partial charge in [0.05, 0.1) is 13.2 Å². The zero-order valence-corrected chi connectivity index (χ0v) is 12.1. The molecule has 0 unspecified atom stereocenters. The molecular formula is C15H21N5O. The number of morpholine rings is 1. The zero-order chi connectivity index (χ0) is 14.3. The Bertz CT molecular complexity index is 520. The lowest BCUT2D eigenvalue weighted by Crippen LogP contribution is -2.36. The number of H-pyrrole nitrogens is 1. The lowest BCUT2D eigenvalue weighted by molar-refractivity contribution is 0.122. The molecule has 2 heterocycles. The predicted molar refractivity (Wildman–Crippen MR) is 81.3 cm³/mol. The number of aromatic amines is 1. The van der Waals surface area contributed by atoms with Crippen LogP contribution in [0.15, 0.2) is 30.6 Å². The highest BCUT2D eigenvalue weighted by Gasteiger charge is 2.10. The first-order valence-electron chi connectivity index (χ1n) is 7.38. The molecule has 1 fully saturated rings. The molecule has 0 atom stereocenters. The third kappa shape index (κ3) is 4.03. The summed E-state index contributed by atoms with van der Waals surface area (Å²) in [6.07, 6.45) is 2.41. The fraction of sp³-hybridized carbons (Fsp3) is 0.467. The lowest BCUT2D eigenvalue weighted by atomic mass is 10.2. The molecule has 0 spiro atoms. The molecule has 0 saturated carbocycles. The molecule has 6 heteroatoms. The van der Waals surface area contributed by atoms with Crippen molar-refractivity contribution in [2.75, 3.05) is 37.7 Å². The molecule has 0 amide bonds. The molecular weight excluding hydrogens is 266 g/mol. The van der Waals surface area contributed by atoms with Crippen molar-refractivity contribution in [2.24, 2.45) is 0 Å². The smallest absolute Gasteiger partial charge is 0.137 e. The SMILES string of the molecule is c1n[nH]c(CCNCc2ccc(N3CCOCC3)cc2)n1. The number of hydrogen-bond donors (Lipinski definition) is 2. The summed E-state index contributed by atoms with van der Waals surface area (Å²) in [6, 6.07) is 8.76. The van der Waals surface area contributed by atoms with Gasteiger partial charge < -0.3 is 15.0 Å². The van der Waals surface area contributed by atoms with Gasteiger partial charge in [-0.1, -0.05) is 12.1 Å². The summed E-state index contributed by atoms with van der Waals surface area (Å²) in [6.45, 7) is 5.37. The van der Waals surface area contributed by atoms with Crippen LogP contribution in [0.5, 0.6) is 0 Å². The van der Waals surface area contributed by atoms with Crippen LogP contribution in [0.2, 0.25) is 0 Å². The summed E-state index contributed by atoms with van der Waals surface area (Å²) in [5.41, 5.74) is 2.58. The number of anilines is 1. The fourth-order valence-corrected chi connectivity index (χ4v) is 2.44. The largest absolute Gasteiger partial charge is 0.378 e. The molecule has 1 aromatic carbocycles. The van der Waals surface area contributed by atoms with Crippen LogP contribution in [0.4, 0.5) is 5.69 Å². The van der Waals surface area contributed by atoms with E-state index in [4.69, 9.17) is 4.74 Å². The Morgan fingerprint density at radius 2 is 2.00 bits per heavy atom. The Morgan fingerprint density at radius 3 is 2.71 bits per heavy atom. The van der Waals surface area contributed by atoms with Crippen molar-refractivity contribution in [3.8, 4) is 0 Å². The quantitative estimate of drug-likeness (QED) is 0.775. The third-order valence-electron chi connectivity index (χ3n) is 3.65. The number of ether oxygens (including phenoxy) is 1. The van der Waals surface area contributed by atoms with Crippen LogP contribution in [0.25, 0.3) is 0 Å². The van der Waals surface area contributed by atoms with Gasteiger partial charge in [0.1, 0.15) is 12.2 Å². The van der Waals surface area contributed by atoms with Crippen LogP contribution >= 0.6 is 0 Å². The van der Waals surface area contributed by atoms with Crippen LogP contribution in [0.3, 0.4) is 0 Å². The summed E-state index contributed by atoms with van der Waals surface area (Å²) in [7, 11) is 0. The number of nitrogens with one attached hydrogen (secondary N) is 2. The molecule has 1 saturated heterocycles. The predicted octanol–water partition coefficient (Wildman–Crippen LogP) is 0.974. The Hall–Kier alpha value is -1.92. The standard InChI is InChI=1S/C15H21N5O/c1-3-14(20-7-9-21-10-8-20)4-2-13(1)11-16-6-5-15-17-12-18-19-15/h1-4,12,16H,5-11H2,(H,17,18,19). The average molecular weight is 287 g/mol. The number of hydrogen-bond acceptors (Lipinski definition) is 5. The third-order valence-corrected chi connectivity index (χ3v) is 3.65. The Morgan fingerprint density at radius 1 is 1.19 bits per heavy atom. The Balaban J connectivity index is 1.43. The number of nitrogens with zero attached hydrogens (tertiary/aromatic N) is 3. The van der Waals surface area contributed by atoms with Crippen LogP contribution in [0.1, 0.15) is 11.4 Å². The van der Waals surface area contributed by atoms with E-state index in [1.165, 1.54) is 11.3 Å². The monoisotopic (exact) mass is 287 g/mol. The highest BCUT2D eigenvalue weighted by Crippen LogP contribution is 2.16. The van der Waals surface area contributed by atoms with Crippen molar-refractivity contribution < 1.29 is 4.74 Å². The summed E-state index contributed by atoms with van der Waals surface area (Å²) in [5.74, 6) is 0.921. The minimum Gasteiger partial charge on any atom is -0.378 e. The number of rotatable bonds is 6. The minimum atomic E-state index is 0.824. The molecule has 1 aromatic heterocycles. The maximum Gasteiger partial charge on any atom is 0.137 e. The number of aromatic nitrogens is 3. The summed E-state index contributed by atoms with van der Waals surface area (Å²) >= 11 is 0. The van der Waals surface area contributed by atoms with E-state index in [1.807, 2.05) is 0 Å². The second-order valence-corrected chi connectivity index (χ2v) is 5.12. The topological polar surface area (TPSA) is 66.1 Å². The van der Waals surface area contributed by atoms with Crippen molar-refractivity contribution >= 4 is 5.69 Å². The average Bonchev–Trinajstić information content (AvgIpc) is 3.06. The van der Waals surface area contributed by atoms with E-state index in [9.17, 15) is 0 Å². The second kappa shape index (κ2) is 7.19. The van der Waals surface area contributed by atoms with Gasteiger partial charge in [0, 0.05) is 38.3 Å². The first-order chi connectivity index (χ1) is 10.4. The lowest BCUT2D eigenvalue weighted by Gasteiger charge is -2.28. The van der Waals surface area contributed by atoms with Crippen LogP contribution in [0, 0.1) is 0 Å². The molecule has 6 nitrogen and oxygen atoms in total. The maximum absolute atomic E-state index is 5.38. The molecule has 2 aromatic rings.